The number of H-pyrrole nitrogens is 1. The number of thiophene rings is 1. The van der Waals surface area contributed by atoms with Crippen molar-refractivity contribution < 1.29 is 18.7 Å². The van der Waals surface area contributed by atoms with Gasteiger partial charge in [-0.3, -0.25) is 4.79 Å². The number of rotatable bonds is 5. The van der Waals surface area contributed by atoms with Crippen LogP contribution in [0.4, 0.5) is 14.6 Å². The third-order valence-electron chi connectivity index (χ3n) is 7.35. The zero-order valence-electron chi connectivity index (χ0n) is 18.8. The number of carboxylic acids is 1. The number of hydrogen-bond acceptors (Lipinski definition) is 7. The number of halogens is 2. The van der Waals surface area contributed by atoms with Gasteiger partial charge in [-0.25, -0.2) is 23.7 Å². The third-order valence-corrected chi connectivity index (χ3v) is 8.34. The number of aromatic nitrogens is 4. The molecule has 0 radical (unpaired) electrons. The summed E-state index contributed by atoms with van der Waals surface area (Å²) in [5.41, 5.74) is 0.840. The number of carboxylic acid groups (broad SMARTS) is 1. The molecule has 0 aromatic carbocycles. The molecule has 11 heteroatoms. The molecule has 2 atom stereocenters. The van der Waals surface area contributed by atoms with Crippen molar-refractivity contribution in [1.29, 1.82) is 5.26 Å². The van der Waals surface area contributed by atoms with Gasteiger partial charge in [0.2, 0.25) is 0 Å². The van der Waals surface area contributed by atoms with Gasteiger partial charge in [0.1, 0.15) is 28.1 Å². The van der Waals surface area contributed by atoms with Crippen LogP contribution in [0.15, 0.2) is 30.6 Å². The Labute approximate surface area is 208 Å². The van der Waals surface area contributed by atoms with E-state index in [1.54, 1.807) is 18.3 Å². The number of nitriles is 1. The lowest BCUT2D eigenvalue weighted by Crippen LogP contribution is -2.51. The number of anilines is 1. The van der Waals surface area contributed by atoms with Crippen LogP contribution in [0.25, 0.3) is 33.0 Å². The first-order valence-corrected chi connectivity index (χ1v) is 12.4. The van der Waals surface area contributed by atoms with Crippen molar-refractivity contribution in [2.24, 2.45) is 17.8 Å². The summed E-state index contributed by atoms with van der Waals surface area (Å²) < 4.78 is 29.9. The van der Waals surface area contributed by atoms with E-state index in [0.717, 1.165) is 43.2 Å². The van der Waals surface area contributed by atoms with Crippen LogP contribution in [0.5, 0.6) is 0 Å². The lowest BCUT2D eigenvalue weighted by Gasteiger charge is -2.47. The molecule has 2 bridgehead atoms. The van der Waals surface area contributed by atoms with Crippen LogP contribution in [0.3, 0.4) is 0 Å². The van der Waals surface area contributed by atoms with Crippen molar-refractivity contribution in [1.82, 2.24) is 19.9 Å². The first-order chi connectivity index (χ1) is 17.4. The minimum absolute atomic E-state index is 0.0134. The molecule has 4 heterocycles. The minimum atomic E-state index is -0.896. The Morgan fingerprint density at radius 2 is 1.97 bits per heavy atom. The summed E-state index contributed by atoms with van der Waals surface area (Å²) >= 11 is 1.09. The van der Waals surface area contributed by atoms with Gasteiger partial charge in [0.15, 0.2) is 17.5 Å². The number of fused-ring (bicyclic) bond motifs is 4. The first-order valence-electron chi connectivity index (χ1n) is 11.6. The second-order valence-corrected chi connectivity index (χ2v) is 10.4. The normalized spacial score (nSPS) is 23.0. The molecule has 3 fully saturated rings. The van der Waals surface area contributed by atoms with Crippen molar-refractivity contribution in [2.75, 3.05) is 5.32 Å². The number of hydrogen-bond donors (Lipinski definition) is 3. The molecular formula is C25H20F2N6O2S. The molecule has 4 aromatic heterocycles. The Morgan fingerprint density at radius 3 is 2.69 bits per heavy atom. The average Bonchev–Trinajstić information content (AvgIpc) is 3.53. The monoisotopic (exact) mass is 506 g/mol. The van der Waals surface area contributed by atoms with Gasteiger partial charge in [-0.15, -0.1) is 11.3 Å². The average molecular weight is 507 g/mol. The Balaban J connectivity index is 1.50. The van der Waals surface area contributed by atoms with Crippen LogP contribution < -0.4 is 5.32 Å². The number of nitrogens with one attached hydrogen (secondary N) is 2. The van der Waals surface area contributed by atoms with E-state index < -0.39 is 29.6 Å². The molecule has 0 spiro atoms. The molecule has 36 heavy (non-hydrogen) atoms. The quantitative estimate of drug-likeness (QED) is 0.339. The molecule has 7 rings (SSSR count). The zero-order chi connectivity index (χ0) is 25.0. The Morgan fingerprint density at radius 1 is 1.19 bits per heavy atom. The maximum atomic E-state index is 15.9. The largest absolute Gasteiger partial charge is 0.481 e. The lowest BCUT2D eigenvalue weighted by molar-refractivity contribution is -0.148. The van der Waals surface area contributed by atoms with Gasteiger partial charge < -0.3 is 15.4 Å². The highest BCUT2D eigenvalue weighted by atomic mass is 32.1. The van der Waals surface area contributed by atoms with E-state index in [4.69, 9.17) is 0 Å². The first kappa shape index (κ1) is 22.5. The predicted octanol–water partition coefficient (Wildman–Crippen LogP) is 5.20. The Hall–Kier alpha value is -3.91. The fraction of sp³-hybridized carbons (Fsp3) is 0.320. The van der Waals surface area contributed by atoms with Crippen molar-refractivity contribution in [2.45, 2.75) is 31.7 Å². The summed E-state index contributed by atoms with van der Waals surface area (Å²) in [6, 6.07) is 6.07. The van der Waals surface area contributed by atoms with Gasteiger partial charge in [-0.1, -0.05) is 0 Å². The van der Waals surface area contributed by atoms with Gasteiger partial charge in [0.05, 0.1) is 17.0 Å². The van der Waals surface area contributed by atoms with E-state index in [9.17, 15) is 19.6 Å². The molecule has 3 aliphatic rings. The van der Waals surface area contributed by atoms with Gasteiger partial charge in [-0.2, -0.15) is 5.26 Å². The van der Waals surface area contributed by atoms with Gasteiger partial charge in [0, 0.05) is 23.2 Å². The molecule has 182 valence electrons. The number of aliphatic carboxylic acids is 1. The second-order valence-electron chi connectivity index (χ2n) is 9.30. The van der Waals surface area contributed by atoms with E-state index in [2.05, 4.69) is 25.3 Å². The number of nitrogens with zero attached hydrogens (tertiary/aromatic N) is 4. The lowest BCUT2D eigenvalue weighted by atomic mass is 9.61. The predicted molar refractivity (Wildman–Crippen MR) is 129 cm³/mol. The Bertz CT molecular complexity index is 1540. The van der Waals surface area contributed by atoms with E-state index in [0.29, 0.717) is 26.4 Å². The fourth-order valence-electron chi connectivity index (χ4n) is 5.68. The molecule has 8 nitrogen and oxygen atoms in total. The summed E-state index contributed by atoms with van der Waals surface area (Å²) in [4.78, 5) is 28.9. The summed E-state index contributed by atoms with van der Waals surface area (Å²) in [7, 11) is 0. The number of aromatic amines is 1. The summed E-state index contributed by atoms with van der Waals surface area (Å²) in [6.07, 6.45) is 6.12. The molecular weight excluding hydrogens is 486 g/mol. The smallest absolute Gasteiger partial charge is 0.308 e. The van der Waals surface area contributed by atoms with E-state index in [1.165, 1.54) is 6.07 Å². The standard InChI is InChI=1S/C25H20F2N6O2S/c26-13-7-15-16(10-30-22(15)29-9-13)23-32-21(17-6-5-14(8-28)36-17)19(27)24(33-23)31-20-12-3-1-11(2-4-12)18(20)25(34)35/h5-7,9-12,18,20H,1-4H2,(H,29,30)(H,34,35)(H,31,32,33)/t11?,12?,18-,20-/m0/s1. The Kier molecular flexibility index (Phi) is 5.41. The van der Waals surface area contributed by atoms with Crippen LogP contribution in [0, 0.1) is 40.7 Å². The van der Waals surface area contributed by atoms with Crippen LogP contribution in [-0.2, 0) is 4.79 Å². The van der Waals surface area contributed by atoms with Gasteiger partial charge in [0.25, 0.3) is 0 Å². The SMILES string of the molecule is N#Cc1ccc(-c2nc(-c3c[nH]c4ncc(F)cc34)nc(N[C@H]3C4CCC(CC4)[C@@H]3C(=O)O)c2F)s1. The molecule has 3 aliphatic carbocycles. The highest BCUT2D eigenvalue weighted by Gasteiger charge is 2.47. The highest BCUT2D eigenvalue weighted by molar-refractivity contribution is 7.15. The summed E-state index contributed by atoms with van der Waals surface area (Å²) in [5, 5.41) is 22.8. The maximum absolute atomic E-state index is 15.9. The molecule has 3 N–H and O–H groups in total. The van der Waals surface area contributed by atoms with Crippen molar-refractivity contribution >= 4 is 34.2 Å². The fourth-order valence-corrected chi connectivity index (χ4v) is 6.47. The van der Waals surface area contributed by atoms with Crippen LogP contribution in [0.2, 0.25) is 0 Å². The molecule has 0 aliphatic heterocycles. The number of carbonyl (C=O) groups is 1. The summed E-state index contributed by atoms with van der Waals surface area (Å²) in [6.45, 7) is 0. The highest BCUT2D eigenvalue weighted by Crippen LogP contribution is 2.47. The molecule has 4 aromatic rings. The maximum Gasteiger partial charge on any atom is 0.308 e. The second kappa shape index (κ2) is 8.64. The van der Waals surface area contributed by atoms with Gasteiger partial charge >= 0.3 is 5.97 Å². The van der Waals surface area contributed by atoms with Crippen molar-refractivity contribution in [3.63, 3.8) is 0 Å². The van der Waals surface area contributed by atoms with Crippen molar-refractivity contribution in [3.8, 4) is 28.0 Å². The minimum Gasteiger partial charge on any atom is -0.481 e. The molecule has 0 unspecified atom stereocenters. The third kappa shape index (κ3) is 3.69. The molecule has 0 saturated heterocycles. The topological polar surface area (TPSA) is 128 Å². The van der Waals surface area contributed by atoms with Crippen LogP contribution in [0.1, 0.15) is 30.6 Å². The molecule has 0 amide bonds. The summed E-state index contributed by atoms with van der Waals surface area (Å²) in [5.74, 6) is -2.65. The van der Waals surface area contributed by atoms with E-state index in [-0.39, 0.29) is 29.2 Å². The van der Waals surface area contributed by atoms with E-state index >= 15 is 4.39 Å². The van der Waals surface area contributed by atoms with Crippen LogP contribution in [-0.4, -0.2) is 37.1 Å². The zero-order valence-corrected chi connectivity index (χ0v) is 19.6. The van der Waals surface area contributed by atoms with E-state index in [1.807, 2.05) is 6.07 Å². The van der Waals surface area contributed by atoms with Gasteiger partial charge in [-0.05, 0) is 55.7 Å². The van der Waals surface area contributed by atoms with Crippen LogP contribution >= 0.6 is 11.3 Å². The van der Waals surface area contributed by atoms with Crippen molar-refractivity contribution in [3.05, 3.63) is 47.1 Å². The number of pyridine rings is 1. The molecule has 3 saturated carbocycles.